The van der Waals surface area contributed by atoms with Gasteiger partial charge in [-0.3, -0.25) is 9.69 Å². The van der Waals surface area contributed by atoms with Crippen molar-refractivity contribution in [2.75, 3.05) is 32.8 Å². The summed E-state index contributed by atoms with van der Waals surface area (Å²) in [5.74, 6) is 1.74. The zero-order valence-electron chi connectivity index (χ0n) is 18.3. The van der Waals surface area contributed by atoms with E-state index in [1.54, 1.807) is 0 Å². The van der Waals surface area contributed by atoms with Crippen molar-refractivity contribution < 1.29 is 14.3 Å². The Labute approximate surface area is 196 Å². The number of carbonyl (C=O) groups excluding carboxylic acids is 1. The van der Waals surface area contributed by atoms with Gasteiger partial charge in [0.05, 0.1) is 15.9 Å². The maximum absolute atomic E-state index is 12.7. The number of amides is 1. The fourth-order valence-electron chi connectivity index (χ4n) is 4.97. The highest BCUT2D eigenvalue weighted by Gasteiger charge is 2.45. The molecule has 3 aliphatic heterocycles. The maximum Gasteiger partial charge on any atom is 0.279 e. The second-order valence-corrected chi connectivity index (χ2v) is 9.69. The van der Waals surface area contributed by atoms with Gasteiger partial charge >= 0.3 is 0 Å². The number of carbonyl (C=O) groups is 1. The molecule has 2 aromatic carbocycles. The fourth-order valence-corrected chi connectivity index (χ4v) is 5.80. The van der Waals surface area contributed by atoms with Crippen LogP contribution in [-0.2, 0) is 4.79 Å². The van der Waals surface area contributed by atoms with Gasteiger partial charge in [-0.15, -0.1) is 0 Å². The van der Waals surface area contributed by atoms with Gasteiger partial charge in [0, 0.05) is 38.3 Å². The van der Waals surface area contributed by atoms with Gasteiger partial charge in [0.2, 0.25) is 0 Å². The van der Waals surface area contributed by atoms with E-state index in [4.69, 9.17) is 9.47 Å². The van der Waals surface area contributed by atoms with Crippen LogP contribution in [0, 0.1) is 0 Å². The number of thiazole rings is 1. The summed E-state index contributed by atoms with van der Waals surface area (Å²) in [7, 11) is 0. The standard InChI is InChI=1S/C25H26N4O3S/c30-24(22-5-3-11-26-22)29-16-17-14-18(29)15-28(17)12-13-31-19-7-9-20(10-8-19)32-25-27-21-4-1-2-6-23(21)33-25/h1-2,4-10,17-18,26H,3,11-16H2. The Morgan fingerprint density at radius 3 is 2.70 bits per heavy atom. The Morgan fingerprint density at radius 2 is 1.94 bits per heavy atom. The van der Waals surface area contributed by atoms with Crippen molar-refractivity contribution >= 4 is 27.5 Å². The van der Waals surface area contributed by atoms with Crippen LogP contribution in [0.3, 0.4) is 0 Å². The summed E-state index contributed by atoms with van der Waals surface area (Å²) in [6.07, 6.45) is 4.04. The SMILES string of the molecule is O=C(C1=CCCN1)N1CC2CC1CN2CCOc1ccc(Oc2nc3ccccc3s2)cc1. The highest BCUT2D eigenvalue weighted by atomic mass is 32.1. The normalized spacial score (nSPS) is 21.9. The predicted molar refractivity (Wildman–Crippen MR) is 128 cm³/mol. The van der Waals surface area contributed by atoms with Crippen molar-refractivity contribution in [2.45, 2.75) is 24.9 Å². The topological polar surface area (TPSA) is 66.9 Å². The first-order chi connectivity index (χ1) is 16.2. The van der Waals surface area contributed by atoms with Crippen LogP contribution in [0.5, 0.6) is 16.7 Å². The Bertz CT molecular complexity index is 1160. The fraction of sp³-hybridized carbons (Fsp3) is 0.360. The molecule has 2 bridgehead atoms. The molecular formula is C25H26N4O3S. The van der Waals surface area contributed by atoms with Gasteiger partial charge in [-0.05, 0) is 49.2 Å². The van der Waals surface area contributed by atoms with Crippen LogP contribution in [0.1, 0.15) is 12.8 Å². The summed E-state index contributed by atoms with van der Waals surface area (Å²) in [5, 5.41) is 3.84. The highest BCUT2D eigenvalue weighted by molar-refractivity contribution is 7.20. The average Bonchev–Trinajstić information content (AvgIpc) is 3.63. The van der Waals surface area contributed by atoms with E-state index in [1.807, 2.05) is 54.6 Å². The van der Waals surface area contributed by atoms with Crippen molar-refractivity contribution in [3.63, 3.8) is 0 Å². The van der Waals surface area contributed by atoms with E-state index in [1.165, 1.54) is 11.3 Å². The summed E-state index contributed by atoms with van der Waals surface area (Å²) < 4.78 is 13.0. The predicted octanol–water partition coefficient (Wildman–Crippen LogP) is 3.63. The molecule has 0 aliphatic carbocycles. The summed E-state index contributed by atoms with van der Waals surface area (Å²) in [6, 6.07) is 16.5. The molecule has 3 aromatic rings. The zero-order valence-corrected chi connectivity index (χ0v) is 19.1. The Morgan fingerprint density at radius 1 is 1.09 bits per heavy atom. The molecule has 2 atom stereocenters. The molecule has 0 saturated carbocycles. The van der Waals surface area contributed by atoms with E-state index in [0.29, 0.717) is 23.9 Å². The van der Waals surface area contributed by atoms with E-state index in [-0.39, 0.29) is 5.91 Å². The molecular weight excluding hydrogens is 436 g/mol. The van der Waals surface area contributed by atoms with E-state index < -0.39 is 0 Å². The number of hydrogen-bond donors (Lipinski definition) is 1. The lowest BCUT2D eigenvalue weighted by Gasteiger charge is -2.34. The van der Waals surface area contributed by atoms with Crippen LogP contribution in [0.15, 0.2) is 60.3 Å². The monoisotopic (exact) mass is 462 g/mol. The molecule has 7 nitrogen and oxygen atoms in total. The van der Waals surface area contributed by atoms with Gasteiger partial charge in [-0.1, -0.05) is 29.5 Å². The molecule has 0 radical (unpaired) electrons. The molecule has 170 valence electrons. The largest absolute Gasteiger partial charge is 0.492 e. The third-order valence-electron chi connectivity index (χ3n) is 6.60. The van der Waals surface area contributed by atoms with Crippen molar-refractivity contribution in [1.82, 2.24) is 20.1 Å². The highest BCUT2D eigenvalue weighted by Crippen LogP contribution is 2.33. The second-order valence-electron chi connectivity index (χ2n) is 8.70. The van der Waals surface area contributed by atoms with Crippen molar-refractivity contribution in [3.05, 3.63) is 60.3 Å². The molecule has 1 aromatic heterocycles. The van der Waals surface area contributed by atoms with Gasteiger partial charge in [0.25, 0.3) is 11.1 Å². The number of benzene rings is 2. The number of fused-ring (bicyclic) bond motifs is 3. The number of likely N-dealkylation sites (tertiary alicyclic amines) is 2. The van der Waals surface area contributed by atoms with Gasteiger partial charge < -0.3 is 19.7 Å². The van der Waals surface area contributed by atoms with Crippen LogP contribution < -0.4 is 14.8 Å². The number of ether oxygens (including phenoxy) is 2. The minimum absolute atomic E-state index is 0.170. The number of piperazine rings is 1. The molecule has 4 heterocycles. The minimum Gasteiger partial charge on any atom is -0.492 e. The number of nitrogens with zero attached hydrogens (tertiary/aromatic N) is 3. The molecule has 2 unspecified atom stereocenters. The lowest BCUT2D eigenvalue weighted by molar-refractivity contribution is -0.129. The Kier molecular flexibility index (Phi) is 5.39. The number of hydrogen-bond acceptors (Lipinski definition) is 7. The lowest BCUT2D eigenvalue weighted by atomic mass is 10.2. The first kappa shape index (κ1) is 20.5. The molecule has 1 amide bonds. The van der Waals surface area contributed by atoms with Crippen LogP contribution in [0.4, 0.5) is 0 Å². The molecule has 33 heavy (non-hydrogen) atoms. The number of aromatic nitrogens is 1. The average molecular weight is 463 g/mol. The molecule has 6 rings (SSSR count). The Hall–Kier alpha value is -3.10. The maximum atomic E-state index is 12.7. The van der Waals surface area contributed by atoms with Gasteiger partial charge in [-0.25, -0.2) is 4.98 Å². The lowest BCUT2D eigenvalue weighted by Crippen LogP contribution is -2.50. The number of para-hydroxylation sites is 1. The third kappa shape index (κ3) is 4.16. The van der Waals surface area contributed by atoms with Gasteiger partial charge in [0.15, 0.2) is 0 Å². The molecule has 0 spiro atoms. The first-order valence-corrected chi connectivity index (χ1v) is 12.3. The van der Waals surface area contributed by atoms with Crippen molar-refractivity contribution in [3.8, 4) is 16.7 Å². The van der Waals surface area contributed by atoms with E-state index >= 15 is 0 Å². The van der Waals surface area contributed by atoms with E-state index in [0.717, 1.165) is 66.4 Å². The molecule has 3 aliphatic rings. The van der Waals surface area contributed by atoms with Gasteiger partial charge in [-0.2, -0.15) is 0 Å². The first-order valence-electron chi connectivity index (χ1n) is 11.5. The third-order valence-corrected chi connectivity index (χ3v) is 7.52. The molecule has 1 N–H and O–H groups in total. The van der Waals surface area contributed by atoms with Crippen LogP contribution in [-0.4, -0.2) is 65.6 Å². The summed E-state index contributed by atoms with van der Waals surface area (Å²) >= 11 is 1.54. The van der Waals surface area contributed by atoms with E-state index in [2.05, 4.69) is 20.1 Å². The number of rotatable bonds is 7. The summed E-state index contributed by atoms with van der Waals surface area (Å²) in [4.78, 5) is 21.7. The zero-order chi connectivity index (χ0) is 22.2. The van der Waals surface area contributed by atoms with Crippen molar-refractivity contribution in [1.29, 1.82) is 0 Å². The summed E-state index contributed by atoms with van der Waals surface area (Å²) in [6.45, 7) is 4.12. The van der Waals surface area contributed by atoms with Crippen LogP contribution >= 0.6 is 11.3 Å². The molecule has 2 fully saturated rings. The molecule has 8 heteroatoms. The Balaban J connectivity index is 0.976. The van der Waals surface area contributed by atoms with Crippen LogP contribution in [0.2, 0.25) is 0 Å². The second kappa shape index (κ2) is 8.68. The smallest absolute Gasteiger partial charge is 0.279 e. The quantitative estimate of drug-likeness (QED) is 0.579. The van der Waals surface area contributed by atoms with E-state index in [9.17, 15) is 4.79 Å². The van der Waals surface area contributed by atoms with Crippen LogP contribution in [0.25, 0.3) is 10.2 Å². The van der Waals surface area contributed by atoms with Crippen molar-refractivity contribution in [2.24, 2.45) is 0 Å². The number of nitrogens with one attached hydrogen (secondary N) is 1. The molecule has 2 saturated heterocycles. The van der Waals surface area contributed by atoms with Gasteiger partial charge in [0.1, 0.15) is 18.1 Å². The minimum atomic E-state index is 0.170. The summed E-state index contributed by atoms with van der Waals surface area (Å²) in [5.41, 5.74) is 1.74.